The molecule has 51 nitrogen and oxygen atoms in total. The molecular formula is C32H53N3O48S8-10. The van der Waals surface area contributed by atoms with Gasteiger partial charge in [0.1, 0.15) is 104 Å². The fourth-order valence-corrected chi connectivity index (χ4v) is 11.1. The van der Waals surface area contributed by atoms with Crippen LogP contribution in [0.3, 0.4) is 0 Å². The quantitative estimate of drug-likeness (QED) is 0.0334. The Hall–Kier alpha value is -2.70. The number of hydrogen-bond acceptors (Lipinski definition) is 48. The molecule has 0 aromatic heterocycles. The van der Waals surface area contributed by atoms with E-state index in [9.17, 15) is 149 Å². The maximum absolute atomic E-state index is 10.8. The zero-order valence-electron chi connectivity index (χ0n) is 44.9. The summed E-state index contributed by atoms with van der Waals surface area (Å²) in [6.45, 7) is -5.11. The summed E-state index contributed by atoms with van der Waals surface area (Å²) in [6, 6.07) is -4.29. The predicted molar refractivity (Wildman–Crippen MR) is 254 cm³/mol. The molecule has 0 spiro atoms. The maximum atomic E-state index is 10.8. The van der Waals surface area contributed by atoms with Gasteiger partial charge in [0.25, 0.3) is 0 Å². The molecule has 5 saturated heterocycles. The summed E-state index contributed by atoms with van der Waals surface area (Å²) in [4.78, 5) is 20.6. The van der Waals surface area contributed by atoms with Gasteiger partial charge in [0.05, 0.1) is 82.9 Å². The number of rotatable bonds is 23. The minimum Gasteiger partial charge on any atom is -0.735 e. The average Bonchev–Trinajstić information content (AvgIpc) is 1.09. The number of carboxylic acids is 2. The number of carbonyl (C=O) groups excluding carboxylic acids is 2. The number of hydrogen-bond donors (Lipinski definition) is 11. The van der Waals surface area contributed by atoms with Gasteiger partial charge in [-0.3, -0.25) is 20.9 Å². The second kappa shape index (κ2) is 36.0. The van der Waals surface area contributed by atoms with Crippen molar-refractivity contribution >= 4 is 94.8 Å². The van der Waals surface area contributed by atoms with Crippen LogP contribution in [-0.2, 0) is 147 Å². The number of aliphatic hydroxyl groups is 8. The van der Waals surface area contributed by atoms with Crippen molar-refractivity contribution in [3.63, 3.8) is 0 Å². The van der Waals surface area contributed by atoms with Gasteiger partial charge in [-0.1, -0.05) is 0 Å². The van der Waals surface area contributed by atoms with E-state index in [-0.39, 0.29) is 6.61 Å². The van der Waals surface area contributed by atoms with Gasteiger partial charge < -0.3 is 130 Å². The van der Waals surface area contributed by atoms with Gasteiger partial charge in [-0.15, -0.1) is 0 Å². The molecule has 5 fully saturated rings. The second-order valence-electron chi connectivity index (χ2n) is 17.8. The molecule has 5 aliphatic rings. The molecule has 0 bridgehead atoms. The molecule has 91 heavy (non-hydrogen) atoms. The number of nitrogens with one attached hydrogen (secondary N) is 3. The fourth-order valence-electron chi connectivity index (χ4n) is 7.44. The van der Waals surface area contributed by atoms with E-state index in [1.165, 1.54) is 9.44 Å². The van der Waals surface area contributed by atoms with Crippen molar-refractivity contribution < 1.29 is 218 Å². The van der Waals surface area contributed by atoms with E-state index in [1.807, 2.05) is 0 Å². The Morgan fingerprint density at radius 2 is 0.725 bits per heavy atom. The van der Waals surface area contributed by atoms with Gasteiger partial charge in [-0.05, 0) is 0 Å². The van der Waals surface area contributed by atoms with E-state index in [2.05, 4.69) is 30.4 Å². The monoisotopic (exact) mass is 1500 g/mol. The largest absolute Gasteiger partial charge is 0.735 e. The number of carbonyl (C=O) groups is 2. The summed E-state index contributed by atoms with van der Waals surface area (Å²) in [5.74, 6) is -3.37. The Morgan fingerprint density at radius 1 is 0.385 bits per heavy atom. The zero-order chi connectivity index (χ0) is 71.0. The van der Waals surface area contributed by atoms with Gasteiger partial charge in [0.15, 0.2) is 30.9 Å². The Bertz CT molecular complexity index is 3250. The molecule has 5 aliphatic heterocycles. The average molecular weight is 1500 g/mol. The predicted octanol–water partition coefficient (Wildman–Crippen LogP) is -19.3. The molecule has 0 saturated carbocycles. The highest BCUT2D eigenvalue weighted by molar-refractivity contribution is 7.84. The Morgan fingerprint density at radius 3 is 1.10 bits per heavy atom. The van der Waals surface area contributed by atoms with E-state index < -0.39 is 263 Å². The first-order valence-electron chi connectivity index (χ1n) is 23.3. The third-order valence-electron chi connectivity index (χ3n) is 11.3. The highest BCUT2D eigenvalue weighted by Gasteiger charge is 2.46. The number of ether oxygens (including phenoxy) is 7. The lowest BCUT2D eigenvalue weighted by Gasteiger charge is -2.41. The summed E-state index contributed by atoms with van der Waals surface area (Å²) in [7, 11) is -38.2. The normalized spacial score (nSPS) is 33.7. The van der Waals surface area contributed by atoms with Crippen LogP contribution in [0.15, 0.2) is 0 Å². The highest BCUT2D eigenvalue weighted by atomic mass is 32.3. The van der Waals surface area contributed by atoms with Crippen molar-refractivity contribution in [3.8, 4) is 0 Å². The van der Waals surface area contributed by atoms with E-state index >= 15 is 0 Å². The topological polar surface area (TPSA) is 847 Å². The zero-order valence-corrected chi connectivity index (χ0v) is 51.4. The van der Waals surface area contributed by atoms with E-state index in [0.29, 0.717) is 0 Å². The van der Waals surface area contributed by atoms with Crippen LogP contribution < -0.4 is 24.4 Å². The molecule has 5 heterocycles. The first kappa shape index (κ1) is 86.3. The number of methoxy groups -OCH3 is 2. The molecule has 0 aromatic carbocycles. The van der Waals surface area contributed by atoms with Crippen molar-refractivity contribution in [2.45, 2.75) is 122 Å². The lowest BCUT2D eigenvalue weighted by molar-refractivity contribution is -0.328. The summed E-state index contributed by atoms with van der Waals surface area (Å²) in [5.41, 5.74) is 0. The van der Waals surface area contributed by atoms with Crippen molar-refractivity contribution in [1.82, 2.24) is 14.2 Å². The van der Waals surface area contributed by atoms with Crippen LogP contribution in [0.25, 0.3) is 0 Å². The Labute approximate surface area is 514 Å². The first-order valence-corrected chi connectivity index (χ1v) is 34.2. The van der Waals surface area contributed by atoms with Crippen LogP contribution in [0.1, 0.15) is 0 Å². The third-order valence-corrected chi connectivity index (χ3v) is 15.3. The molecular weight excluding hydrogens is 1450 g/mol. The minimum absolute atomic E-state index is 0.323. The standard InChI is InChI=1S/C7H15NO13S3.C7H15NO10S2.C6H13NO10S2.C6H10O9S.C6H10O6/c1-18-7-5(3-20-23(12,13)14)19-2-4(8-22(9,10)11)6(7)21-24(15,16)17;1-16-7-5(3-18-20(13,14)15)17-2-4(6(7)9)8-19(10,11)12;8-5-3(7-18(10,11)12)1-16-4(6(5)9)2-17-19(13,14)15;7-3-2(15-16(11,12)13)1-14-5(4(3)8)6(9)10;7-2-1-12-5(6(10)11)4(9)3(2)8/h4-8H,2-3H2,1H3,(H,9,10,11)(H,12,13,14)(H,15,16,17);4-9H,2-3H2,1H3,(H,10,11,12)(H,13,14,15);3-9H,1-2H2,(H,10,11,12)(H,13,14,15);2-5,7-8H,1H2,(H,9,10)(H,11,12,13);2-5,7-9H,1H2,(H,10,11)/p-10/t2*4?,5?,6-,7+;3?,4?,5-,6+;2*2?,3-,4-,5?/m00000/s1. The fraction of sp³-hybridized carbons (Fsp3) is 0.938. The molecule has 11 N–H and O–H groups in total. The number of carboxylic acid groups (broad SMARTS) is 2. The number of aliphatic carboxylic acids is 2. The second-order valence-corrected chi connectivity index (χ2v) is 26.4. The highest BCUT2D eigenvalue weighted by Crippen LogP contribution is 2.25. The SMILES string of the molecule is CO[C@@H]1C(COS(=O)(=O)[O-])OCC(NS(=O)(=O)[O-])[C@@H]1O.CO[C@@H]1C(COS(=O)(=O)[O-])OCC(NS(=O)(=O)[O-])[C@@H]1OS(=O)(=O)[O-].O=C([O-])C1OCC(O)[C@H](O)[C@@H]1O.O=C([O-])C1OCC(OS(=O)(=O)[O-])[C@H](O)[C@@H]1O.O=S(=O)([O-])NC1COC(COS(=O)(=O)[O-])[C@@H](O)[C@H]1O. The minimum atomic E-state index is -5.37. The Balaban J connectivity index is 0.000000577. The van der Waals surface area contributed by atoms with Crippen LogP contribution in [0.5, 0.6) is 0 Å². The summed E-state index contributed by atoms with van der Waals surface area (Å²) >= 11 is 0. The van der Waals surface area contributed by atoms with Crippen molar-refractivity contribution in [3.05, 3.63) is 0 Å². The van der Waals surface area contributed by atoms with E-state index in [1.54, 1.807) is 4.72 Å². The smallest absolute Gasteiger partial charge is 0.218 e. The molecule has 5 rings (SSSR count). The van der Waals surface area contributed by atoms with Gasteiger partial charge in [-0.2, -0.15) is 0 Å². The summed E-state index contributed by atoms with van der Waals surface area (Å²) < 4.78 is 309. The van der Waals surface area contributed by atoms with Crippen molar-refractivity contribution in [1.29, 1.82) is 0 Å². The molecule has 0 aliphatic carbocycles. The van der Waals surface area contributed by atoms with Crippen LogP contribution in [-0.4, -0.2) is 346 Å². The molecule has 542 valence electrons. The van der Waals surface area contributed by atoms with Gasteiger partial charge in [0.2, 0.25) is 52.0 Å². The molecule has 20 atom stereocenters. The van der Waals surface area contributed by atoms with Crippen LogP contribution in [0.4, 0.5) is 0 Å². The third kappa shape index (κ3) is 33.7. The first-order chi connectivity index (χ1) is 41.0. The van der Waals surface area contributed by atoms with Gasteiger partial charge >= 0.3 is 0 Å². The van der Waals surface area contributed by atoms with Crippen LogP contribution in [0, 0.1) is 0 Å². The van der Waals surface area contributed by atoms with Gasteiger partial charge in [-0.25, -0.2) is 81.5 Å². The lowest BCUT2D eigenvalue weighted by Crippen LogP contribution is -2.62. The summed E-state index contributed by atoms with van der Waals surface area (Å²) in [5, 5.41) is 94.9. The van der Waals surface area contributed by atoms with Crippen molar-refractivity contribution in [2.24, 2.45) is 0 Å². The van der Waals surface area contributed by atoms with E-state index in [4.69, 9.17) is 39.0 Å². The maximum Gasteiger partial charge on any atom is 0.218 e. The molecule has 0 radical (unpaired) electrons. The molecule has 59 heteroatoms. The van der Waals surface area contributed by atoms with Crippen LogP contribution in [0.2, 0.25) is 0 Å². The molecule has 10 unspecified atom stereocenters. The summed E-state index contributed by atoms with van der Waals surface area (Å²) in [6.07, 6.45) is -26.7. The molecule has 0 aromatic rings. The Kier molecular flexibility index (Phi) is 34.2. The number of aliphatic hydroxyl groups excluding tert-OH is 8. The van der Waals surface area contributed by atoms with E-state index in [0.717, 1.165) is 14.2 Å². The molecule has 0 amide bonds. The van der Waals surface area contributed by atoms with Crippen LogP contribution >= 0.6 is 0 Å². The van der Waals surface area contributed by atoms with Gasteiger partial charge in [0, 0.05) is 14.2 Å². The van der Waals surface area contributed by atoms with Crippen molar-refractivity contribution in [2.75, 3.05) is 67.1 Å². The lowest BCUT2D eigenvalue weighted by atomic mass is 9.99.